The van der Waals surface area contributed by atoms with Crippen molar-refractivity contribution < 1.29 is 17.9 Å². The number of anilines is 1. The molecule has 0 radical (unpaired) electrons. The Hall–Kier alpha value is -0.890. The average molecular weight is 323 g/mol. The second-order valence-corrected chi connectivity index (χ2v) is 6.70. The van der Waals surface area contributed by atoms with Gasteiger partial charge in [0, 0.05) is 12.6 Å². The lowest BCUT2D eigenvalue weighted by Crippen LogP contribution is -2.47. The standard InChI is InChI=1S/C12H16ClFN2O3S/c13-11-5-4-9(14)7-12(11)15-20(18,19)16-6-2-1-3-10(16)8-17/h4-5,7,10,15,17H,1-3,6,8H2. The van der Waals surface area contributed by atoms with Crippen molar-refractivity contribution in [1.29, 1.82) is 0 Å². The molecular formula is C12H16ClFN2O3S. The third kappa shape index (κ3) is 3.41. The minimum atomic E-state index is -3.86. The molecule has 8 heteroatoms. The number of piperidine rings is 1. The number of nitrogens with zero attached hydrogens (tertiary/aromatic N) is 1. The van der Waals surface area contributed by atoms with Crippen molar-refractivity contribution in [2.75, 3.05) is 17.9 Å². The highest BCUT2D eigenvalue weighted by atomic mass is 35.5. The zero-order valence-corrected chi connectivity index (χ0v) is 12.3. The van der Waals surface area contributed by atoms with E-state index in [4.69, 9.17) is 11.6 Å². The molecule has 0 aromatic heterocycles. The van der Waals surface area contributed by atoms with E-state index in [9.17, 15) is 17.9 Å². The summed E-state index contributed by atoms with van der Waals surface area (Å²) in [6, 6.07) is 3.01. The van der Waals surface area contributed by atoms with Gasteiger partial charge in [-0.25, -0.2) is 4.39 Å². The van der Waals surface area contributed by atoms with Gasteiger partial charge in [0.25, 0.3) is 0 Å². The molecule has 2 rings (SSSR count). The van der Waals surface area contributed by atoms with Crippen LogP contribution in [0.5, 0.6) is 0 Å². The van der Waals surface area contributed by atoms with Gasteiger partial charge in [-0.3, -0.25) is 4.72 Å². The summed E-state index contributed by atoms with van der Waals surface area (Å²) in [4.78, 5) is 0. The van der Waals surface area contributed by atoms with Crippen LogP contribution in [0.25, 0.3) is 0 Å². The maximum absolute atomic E-state index is 13.2. The Balaban J connectivity index is 2.24. The van der Waals surface area contributed by atoms with Crippen molar-refractivity contribution >= 4 is 27.5 Å². The van der Waals surface area contributed by atoms with Gasteiger partial charge in [0.05, 0.1) is 17.3 Å². The molecule has 1 fully saturated rings. The molecule has 1 aromatic carbocycles. The first-order valence-electron chi connectivity index (χ1n) is 6.29. The number of hydrogen-bond acceptors (Lipinski definition) is 3. The van der Waals surface area contributed by atoms with E-state index in [2.05, 4.69) is 4.72 Å². The molecule has 112 valence electrons. The molecule has 1 aromatic rings. The smallest absolute Gasteiger partial charge is 0.302 e. The SMILES string of the molecule is O=S(=O)(Nc1cc(F)ccc1Cl)N1CCCCC1CO. The van der Waals surface area contributed by atoms with Crippen LogP contribution in [0, 0.1) is 5.82 Å². The lowest BCUT2D eigenvalue weighted by molar-refractivity contribution is 0.156. The van der Waals surface area contributed by atoms with Crippen LogP contribution in [-0.4, -0.2) is 37.0 Å². The molecule has 20 heavy (non-hydrogen) atoms. The number of rotatable bonds is 4. The Morgan fingerprint density at radius 3 is 2.90 bits per heavy atom. The van der Waals surface area contributed by atoms with Gasteiger partial charge in [0.15, 0.2) is 0 Å². The third-order valence-electron chi connectivity index (χ3n) is 3.26. The normalized spacial score (nSPS) is 20.9. The predicted molar refractivity (Wildman–Crippen MR) is 75.4 cm³/mol. The number of halogens is 2. The summed E-state index contributed by atoms with van der Waals surface area (Å²) < 4.78 is 41.3. The summed E-state index contributed by atoms with van der Waals surface area (Å²) in [7, 11) is -3.86. The molecule has 1 unspecified atom stereocenters. The minimum Gasteiger partial charge on any atom is -0.395 e. The Kier molecular flexibility index (Phi) is 4.85. The molecule has 0 aliphatic carbocycles. The van der Waals surface area contributed by atoms with E-state index in [-0.39, 0.29) is 17.3 Å². The topological polar surface area (TPSA) is 69.6 Å². The van der Waals surface area contributed by atoms with Crippen LogP contribution < -0.4 is 4.72 Å². The van der Waals surface area contributed by atoms with Gasteiger partial charge in [0.2, 0.25) is 0 Å². The van der Waals surface area contributed by atoms with E-state index in [1.54, 1.807) is 0 Å². The van der Waals surface area contributed by atoms with Crippen molar-refractivity contribution in [3.63, 3.8) is 0 Å². The third-order valence-corrected chi connectivity index (χ3v) is 5.17. The predicted octanol–water partition coefficient (Wildman–Crippen LogP) is 1.98. The van der Waals surface area contributed by atoms with Crippen molar-refractivity contribution in [3.8, 4) is 0 Å². The summed E-state index contributed by atoms with van der Waals surface area (Å²) in [6.07, 6.45) is 2.21. The molecule has 1 aliphatic rings. The molecule has 1 aliphatic heterocycles. The van der Waals surface area contributed by atoms with Gasteiger partial charge < -0.3 is 5.11 Å². The monoisotopic (exact) mass is 322 g/mol. The molecule has 1 heterocycles. The molecular weight excluding hydrogens is 307 g/mol. The number of aliphatic hydroxyl groups excluding tert-OH is 1. The second kappa shape index (κ2) is 6.26. The van der Waals surface area contributed by atoms with E-state index in [1.165, 1.54) is 10.4 Å². The lowest BCUT2D eigenvalue weighted by atomic mass is 10.1. The van der Waals surface area contributed by atoms with Crippen molar-refractivity contribution in [2.24, 2.45) is 0 Å². The van der Waals surface area contributed by atoms with E-state index in [0.717, 1.165) is 25.0 Å². The zero-order valence-electron chi connectivity index (χ0n) is 10.7. The van der Waals surface area contributed by atoms with Gasteiger partial charge in [-0.2, -0.15) is 12.7 Å². The van der Waals surface area contributed by atoms with Crippen LogP contribution in [0.4, 0.5) is 10.1 Å². The average Bonchev–Trinajstić information content (AvgIpc) is 2.42. The quantitative estimate of drug-likeness (QED) is 0.890. The summed E-state index contributed by atoms with van der Waals surface area (Å²) in [5.41, 5.74) is -0.00562. The minimum absolute atomic E-state index is 0.00562. The largest absolute Gasteiger partial charge is 0.395 e. The van der Waals surface area contributed by atoms with E-state index in [0.29, 0.717) is 13.0 Å². The second-order valence-electron chi connectivity index (χ2n) is 4.67. The fourth-order valence-corrected chi connectivity index (χ4v) is 3.97. The molecule has 1 atom stereocenters. The number of hydrogen-bond donors (Lipinski definition) is 2. The first-order valence-corrected chi connectivity index (χ1v) is 8.11. The fraction of sp³-hybridized carbons (Fsp3) is 0.500. The number of nitrogens with one attached hydrogen (secondary N) is 1. The Morgan fingerprint density at radius 1 is 1.45 bits per heavy atom. The first-order chi connectivity index (χ1) is 9.44. The van der Waals surface area contributed by atoms with Crippen LogP contribution in [0.1, 0.15) is 19.3 Å². The molecule has 5 nitrogen and oxygen atoms in total. The molecule has 0 amide bonds. The number of aliphatic hydroxyl groups is 1. The molecule has 0 spiro atoms. The maximum atomic E-state index is 13.2. The summed E-state index contributed by atoms with van der Waals surface area (Å²) in [6.45, 7) is 0.0886. The first kappa shape index (κ1) is 15.5. The summed E-state index contributed by atoms with van der Waals surface area (Å²) in [5, 5.41) is 9.39. The lowest BCUT2D eigenvalue weighted by Gasteiger charge is -2.33. The van der Waals surface area contributed by atoms with Crippen LogP contribution in [0.2, 0.25) is 5.02 Å². The van der Waals surface area contributed by atoms with E-state index < -0.39 is 22.1 Å². The Bertz CT molecular complexity index is 582. The van der Waals surface area contributed by atoms with Crippen LogP contribution in [0.15, 0.2) is 18.2 Å². The van der Waals surface area contributed by atoms with Crippen molar-refractivity contribution in [1.82, 2.24) is 4.31 Å². The molecule has 0 saturated carbocycles. The van der Waals surface area contributed by atoms with Gasteiger partial charge in [-0.05, 0) is 31.0 Å². The van der Waals surface area contributed by atoms with Gasteiger partial charge in [-0.1, -0.05) is 18.0 Å². The maximum Gasteiger partial charge on any atom is 0.302 e. The molecule has 0 bridgehead atoms. The summed E-state index contributed by atoms with van der Waals surface area (Å²) >= 11 is 5.85. The van der Waals surface area contributed by atoms with E-state index in [1.807, 2.05) is 0 Å². The number of benzene rings is 1. The van der Waals surface area contributed by atoms with Crippen LogP contribution in [-0.2, 0) is 10.2 Å². The van der Waals surface area contributed by atoms with E-state index >= 15 is 0 Å². The highest BCUT2D eigenvalue weighted by molar-refractivity contribution is 7.90. The summed E-state index contributed by atoms with van der Waals surface area (Å²) in [5.74, 6) is -0.579. The highest BCUT2D eigenvalue weighted by Crippen LogP contribution is 2.26. The van der Waals surface area contributed by atoms with Crippen LogP contribution in [0.3, 0.4) is 0 Å². The molecule has 2 N–H and O–H groups in total. The Morgan fingerprint density at radius 2 is 2.20 bits per heavy atom. The molecule has 1 saturated heterocycles. The van der Waals surface area contributed by atoms with Gasteiger partial charge in [-0.15, -0.1) is 0 Å². The fourth-order valence-electron chi connectivity index (χ4n) is 2.25. The zero-order chi connectivity index (χ0) is 14.8. The van der Waals surface area contributed by atoms with Crippen molar-refractivity contribution in [2.45, 2.75) is 25.3 Å². The van der Waals surface area contributed by atoms with Crippen LogP contribution >= 0.6 is 11.6 Å². The highest BCUT2D eigenvalue weighted by Gasteiger charge is 2.32. The van der Waals surface area contributed by atoms with Gasteiger partial charge in [0.1, 0.15) is 5.82 Å². The Labute approximate surface area is 122 Å². The van der Waals surface area contributed by atoms with Crippen molar-refractivity contribution in [3.05, 3.63) is 29.0 Å². The van der Waals surface area contributed by atoms with Gasteiger partial charge >= 0.3 is 10.2 Å².